The number of hydrogen-bond acceptors (Lipinski definition) is 11. The van der Waals surface area contributed by atoms with Crippen molar-refractivity contribution in [1.29, 1.82) is 0 Å². The zero-order valence-corrected chi connectivity index (χ0v) is 26.2. The van der Waals surface area contributed by atoms with Gasteiger partial charge in [-0.1, -0.05) is 44.9 Å². The van der Waals surface area contributed by atoms with Crippen molar-refractivity contribution < 1.29 is 47.6 Å². The monoisotopic (exact) mass is 626 g/mol. The molecule has 1 aromatic heterocycles. The Morgan fingerprint density at radius 3 is 2.44 bits per heavy atom. The van der Waals surface area contributed by atoms with E-state index in [1.165, 1.54) is 19.4 Å². The molecule has 0 radical (unpaired) electrons. The number of amides is 1. The van der Waals surface area contributed by atoms with Crippen LogP contribution in [0.2, 0.25) is 0 Å². The van der Waals surface area contributed by atoms with Gasteiger partial charge >= 0.3 is 17.9 Å². The number of carbonyl (C=O) groups excluding carboxylic acids is 4. The molecule has 12 heteroatoms. The Morgan fingerprint density at radius 2 is 1.76 bits per heavy atom. The van der Waals surface area contributed by atoms with E-state index in [0.717, 1.165) is 25.7 Å². The molecule has 244 valence electrons. The average molecular weight is 627 g/mol. The molecule has 1 amide bonds. The van der Waals surface area contributed by atoms with Gasteiger partial charge in [-0.05, 0) is 51.2 Å². The van der Waals surface area contributed by atoms with Crippen LogP contribution in [-0.2, 0) is 28.6 Å². The Bertz CT molecular complexity index is 1310. The molecule has 4 rings (SSSR count). The van der Waals surface area contributed by atoms with Crippen molar-refractivity contribution in [3.05, 3.63) is 48.3 Å². The maximum Gasteiger partial charge on any atom is 0.329 e. The number of rotatable bonds is 11. The molecule has 0 spiro atoms. The molecule has 4 atom stereocenters. The highest BCUT2D eigenvalue weighted by Gasteiger charge is 2.40. The average Bonchev–Trinajstić information content (AvgIpc) is 3.59. The fraction of sp³-hybridized carbons (Fsp3) is 0.545. The predicted octanol–water partition coefficient (Wildman–Crippen LogP) is 4.39. The van der Waals surface area contributed by atoms with Gasteiger partial charge in [-0.25, -0.2) is 9.78 Å². The number of ether oxygens (including phenoxy) is 6. The summed E-state index contributed by atoms with van der Waals surface area (Å²) in [7, 11) is 1.39. The first-order valence-corrected chi connectivity index (χ1v) is 15.4. The number of cyclic esters (lactones) is 1. The van der Waals surface area contributed by atoms with Crippen molar-refractivity contribution in [3.63, 3.8) is 0 Å². The molecule has 1 aliphatic carbocycles. The van der Waals surface area contributed by atoms with Crippen LogP contribution in [0.25, 0.3) is 0 Å². The van der Waals surface area contributed by atoms with E-state index in [-0.39, 0.29) is 41.4 Å². The zero-order valence-electron chi connectivity index (χ0n) is 26.2. The number of esters is 3. The summed E-state index contributed by atoms with van der Waals surface area (Å²) < 4.78 is 34.1. The van der Waals surface area contributed by atoms with E-state index in [9.17, 15) is 19.2 Å². The van der Waals surface area contributed by atoms with E-state index >= 15 is 0 Å². The number of benzene rings is 1. The highest BCUT2D eigenvalue weighted by molar-refractivity contribution is 5.98. The molecule has 45 heavy (non-hydrogen) atoms. The second-order valence-corrected chi connectivity index (χ2v) is 11.5. The van der Waals surface area contributed by atoms with E-state index in [4.69, 9.17) is 28.4 Å². The number of hydrogen-bond donors (Lipinski definition) is 1. The van der Waals surface area contributed by atoms with Gasteiger partial charge in [0, 0.05) is 12.3 Å². The second kappa shape index (κ2) is 16.1. The number of para-hydroxylation sites is 1. The number of carbonyl (C=O) groups is 4. The Hall–Kier alpha value is -4.35. The lowest BCUT2D eigenvalue weighted by molar-refractivity contribution is -0.177. The first kappa shape index (κ1) is 33.5. The van der Waals surface area contributed by atoms with E-state index < -0.39 is 49.0 Å². The predicted molar refractivity (Wildman–Crippen MR) is 161 cm³/mol. The van der Waals surface area contributed by atoms with E-state index in [2.05, 4.69) is 10.3 Å². The molecule has 12 nitrogen and oxygen atoms in total. The summed E-state index contributed by atoms with van der Waals surface area (Å²) in [6, 6.07) is 9.64. The summed E-state index contributed by atoms with van der Waals surface area (Å²) in [5.74, 6) is -2.01. The molecule has 1 aliphatic heterocycles. The normalized spacial score (nSPS) is 22.3. The standard InChI is InChI=1S/C33H42N2O10/c1-20(2)31(37)42-19-41-29-25(40-4)17-18-34-27(29)30(36)35-24-15-10-16-26(44-23-13-6-5-7-14-23)28(21(3)43-33(24)39)45-32(38)22-11-8-9-12-22/h5-7,13-14,17-18,20-22,24,26,28H,8-12,15-16,19H2,1-4H3,(H,35,36)/t21-,24-,26-,28-/m0/s1. The highest BCUT2D eigenvalue weighted by Crippen LogP contribution is 2.31. The third-order valence-electron chi connectivity index (χ3n) is 7.85. The minimum absolute atomic E-state index is 0.0472. The third kappa shape index (κ3) is 9.09. The van der Waals surface area contributed by atoms with Crippen LogP contribution in [-0.4, -0.2) is 67.1 Å². The molecule has 2 fully saturated rings. The van der Waals surface area contributed by atoms with E-state index in [1.54, 1.807) is 20.8 Å². The summed E-state index contributed by atoms with van der Waals surface area (Å²) in [5, 5.41) is 2.71. The van der Waals surface area contributed by atoms with Gasteiger partial charge in [0.05, 0.1) is 18.9 Å². The molecule has 0 unspecified atom stereocenters. The Morgan fingerprint density at radius 1 is 1.02 bits per heavy atom. The van der Waals surface area contributed by atoms with Crippen molar-refractivity contribution >= 4 is 23.8 Å². The van der Waals surface area contributed by atoms with E-state index in [0.29, 0.717) is 18.6 Å². The summed E-state index contributed by atoms with van der Waals surface area (Å²) >= 11 is 0. The minimum atomic E-state index is -1.04. The first-order chi connectivity index (χ1) is 21.7. The van der Waals surface area contributed by atoms with Crippen LogP contribution in [0, 0.1) is 11.8 Å². The largest absolute Gasteiger partial charge is 0.493 e. The van der Waals surface area contributed by atoms with Gasteiger partial charge in [0.15, 0.2) is 23.3 Å². The van der Waals surface area contributed by atoms with E-state index in [1.807, 2.05) is 30.3 Å². The van der Waals surface area contributed by atoms with Gasteiger partial charge in [0.1, 0.15) is 24.0 Å². The molecule has 1 saturated carbocycles. The topological polar surface area (TPSA) is 149 Å². The number of nitrogens with zero attached hydrogens (tertiary/aromatic N) is 1. The summed E-state index contributed by atoms with van der Waals surface area (Å²) in [6.07, 6.45) is 3.62. The number of methoxy groups -OCH3 is 1. The lowest BCUT2D eigenvalue weighted by Crippen LogP contribution is -2.47. The van der Waals surface area contributed by atoms with Crippen molar-refractivity contribution in [2.75, 3.05) is 13.9 Å². The molecule has 1 N–H and O–H groups in total. The van der Waals surface area contributed by atoms with Gasteiger partial charge in [0.25, 0.3) is 5.91 Å². The van der Waals surface area contributed by atoms with Crippen LogP contribution in [0.3, 0.4) is 0 Å². The van der Waals surface area contributed by atoms with Crippen molar-refractivity contribution in [2.24, 2.45) is 11.8 Å². The van der Waals surface area contributed by atoms with Gasteiger partial charge in [-0.15, -0.1) is 0 Å². The van der Waals surface area contributed by atoms with Crippen molar-refractivity contribution in [1.82, 2.24) is 10.3 Å². The molecule has 0 bridgehead atoms. The second-order valence-electron chi connectivity index (χ2n) is 11.5. The Balaban J connectivity index is 1.51. The quantitative estimate of drug-likeness (QED) is 0.215. The number of pyridine rings is 1. The van der Waals surface area contributed by atoms with Gasteiger partial charge in [-0.2, -0.15) is 0 Å². The Labute approximate surface area is 263 Å². The zero-order chi connectivity index (χ0) is 32.3. The number of aromatic nitrogens is 1. The van der Waals surface area contributed by atoms with Crippen LogP contribution < -0.4 is 19.5 Å². The SMILES string of the molecule is COc1ccnc(C(=O)N[C@H]2CCC[C@H](Oc3ccccc3)[C@@H](OC(=O)C3CCCC3)[C@H](C)OC2=O)c1OCOC(=O)C(C)C. The molecule has 2 aliphatic rings. The van der Waals surface area contributed by atoms with Gasteiger partial charge in [0.2, 0.25) is 6.79 Å². The van der Waals surface area contributed by atoms with Crippen LogP contribution in [0.5, 0.6) is 17.2 Å². The lowest BCUT2D eigenvalue weighted by atomic mass is 10.0. The van der Waals surface area contributed by atoms with Crippen molar-refractivity contribution in [3.8, 4) is 17.2 Å². The molecule has 2 heterocycles. The summed E-state index contributed by atoms with van der Waals surface area (Å²) in [6.45, 7) is 4.55. The number of nitrogens with one attached hydrogen (secondary N) is 1. The molecule has 2 aromatic rings. The molecule has 1 saturated heterocycles. The molecular formula is C33H42N2O10. The van der Waals surface area contributed by atoms with Gasteiger partial charge < -0.3 is 33.7 Å². The lowest BCUT2D eigenvalue weighted by Gasteiger charge is -2.31. The Kier molecular flexibility index (Phi) is 12.0. The van der Waals surface area contributed by atoms with Crippen LogP contribution in [0.4, 0.5) is 0 Å². The molecule has 1 aromatic carbocycles. The fourth-order valence-corrected chi connectivity index (χ4v) is 5.37. The van der Waals surface area contributed by atoms with Gasteiger partial charge in [-0.3, -0.25) is 14.4 Å². The maximum absolute atomic E-state index is 13.5. The highest BCUT2D eigenvalue weighted by atomic mass is 16.7. The summed E-state index contributed by atoms with van der Waals surface area (Å²) in [5.41, 5.74) is -0.163. The van der Waals surface area contributed by atoms with Crippen LogP contribution >= 0.6 is 0 Å². The van der Waals surface area contributed by atoms with Crippen LogP contribution in [0.1, 0.15) is 76.2 Å². The molecular weight excluding hydrogens is 584 g/mol. The smallest absolute Gasteiger partial charge is 0.329 e. The van der Waals surface area contributed by atoms with Crippen molar-refractivity contribution in [2.45, 2.75) is 90.1 Å². The minimum Gasteiger partial charge on any atom is -0.493 e. The maximum atomic E-state index is 13.5. The third-order valence-corrected chi connectivity index (χ3v) is 7.85. The van der Waals surface area contributed by atoms with Crippen LogP contribution in [0.15, 0.2) is 42.6 Å². The first-order valence-electron chi connectivity index (χ1n) is 15.4. The summed E-state index contributed by atoms with van der Waals surface area (Å²) in [4.78, 5) is 56.0. The fourth-order valence-electron chi connectivity index (χ4n) is 5.37.